The Balaban J connectivity index is 1.30. The lowest BCUT2D eigenvalue weighted by Gasteiger charge is -2.07. The molecule has 1 fully saturated rings. The van der Waals surface area contributed by atoms with E-state index in [-0.39, 0.29) is 30.5 Å². The van der Waals surface area contributed by atoms with Gasteiger partial charge in [0, 0.05) is 30.3 Å². The van der Waals surface area contributed by atoms with E-state index in [1.54, 1.807) is 0 Å². The van der Waals surface area contributed by atoms with Crippen LogP contribution in [0.25, 0.3) is 11.3 Å². The molecule has 1 saturated carbocycles. The van der Waals surface area contributed by atoms with Crippen LogP contribution in [0, 0.1) is 0 Å². The standard InChI is InChI=1S/C21H20F5N5O2/c22-20(23)33-14-6-4-12(5-7-14)15-10-16(29-28-15)19(32)27-8-1-9-31-17(13-2-3-13)11-18(30-31)21(24,25)26/h4-7,10-11,13,20H,1-3,8-9H2,(H,27,32)(H,28,29). The summed E-state index contributed by atoms with van der Waals surface area (Å²) in [6, 6.07) is 8.41. The average Bonchev–Trinajstić information content (AvgIpc) is 3.30. The summed E-state index contributed by atoms with van der Waals surface area (Å²) in [7, 11) is 0. The van der Waals surface area contributed by atoms with Gasteiger partial charge >= 0.3 is 12.8 Å². The van der Waals surface area contributed by atoms with Gasteiger partial charge in [-0.05, 0) is 55.7 Å². The fraction of sp³-hybridized carbons (Fsp3) is 0.381. The number of nitrogens with zero attached hydrogens (tertiary/aromatic N) is 3. The van der Waals surface area contributed by atoms with Gasteiger partial charge in [-0.25, -0.2) is 0 Å². The first-order valence-electron chi connectivity index (χ1n) is 10.2. The van der Waals surface area contributed by atoms with Crippen molar-refractivity contribution in [3.8, 4) is 17.0 Å². The fourth-order valence-electron chi connectivity index (χ4n) is 3.38. The van der Waals surface area contributed by atoms with Gasteiger partial charge in [0.1, 0.15) is 11.4 Å². The Bertz CT molecular complexity index is 1100. The molecule has 1 aliphatic carbocycles. The van der Waals surface area contributed by atoms with Crippen molar-refractivity contribution in [1.29, 1.82) is 0 Å². The molecule has 1 amide bonds. The zero-order valence-electron chi connectivity index (χ0n) is 17.2. The number of carbonyl (C=O) groups is 1. The van der Waals surface area contributed by atoms with Crippen molar-refractivity contribution in [2.75, 3.05) is 6.54 Å². The lowest BCUT2D eigenvalue weighted by atomic mass is 10.1. The van der Waals surface area contributed by atoms with Crippen LogP contribution in [-0.4, -0.2) is 39.0 Å². The first-order chi connectivity index (χ1) is 15.7. The molecule has 2 N–H and O–H groups in total. The first-order valence-corrected chi connectivity index (χ1v) is 10.2. The summed E-state index contributed by atoms with van der Waals surface area (Å²) in [6.07, 6.45) is -2.39. The van der Waals surface area contributed by atoms with Crippen LogP contribution in [0.5, 0.6) is 5.75 Å². The highest BCUT2D eigenvalue weighted by Gasteiger charge is 2.37. The molecule has 7 nitrogen and oxygen atoms in total. The van der Waals surface area contributed by atoms with Gasteiger partial charge in [-0.15, -0.1) is 0 Å². The monoisotopic (exact) mass is 469 g/mol. The van der Waals surface area contributed by atoms with E-state index in [2.05, 4.69) is 25.3 Å². The third-order valence-corrected chi connectivity index (χ3v) is 5.13. The number of H-pyrrole nitrogens is 1. The van der Waals surface area contributed by atoms with E-state index in [0.717, 1.165) is 18.9 Å². The average molecular weight is 469 g/mol. The molecule has 0 bridgehead atoms. The lowest BCUT2D eigenvalue weighted by Crippen LogP contribution is -2.25. The Morgan fingerprint density at radius 3 is 2.58 bits per heavy atom. The third-order valence-electron chi connectivity index (χ3n) is 5.13. The van der Waals surface area contributed by atoms with Crippen LogP contribution in [0.1, 0.15) is 47.1 Å². The Labute approximate surface area is 184 Å². The van der Waals surface area contributed by atoms with Crippen molar-refractivity contribution >= 4 is 5.91 Å². The molecule has 0 radical (unpaired) electrons. The number of halogens is 5. The number of benzene rings is 1. The zero-order chi connectivity index (χ0) is 23.6. The minimum absolute atomic E-state index is 0.00614. The molecule has 33 heavy (non-hydrogen) atoms. The van der Waals surface area contributed by atoms with Gasteiger partial charge < -0.3 is 10.1 Å². The molecular formula is C21H20F5N5O2. The number of aromatic amines is 1. The van der Waals surface area contributed by atoms with Crippen LogP contribution in [0.2, 0.25) is 0 Å². The second-order valence-corrected chi connectivity index (χ2v) is 7.63. The number of nitrogens with one attached hydrogen (secondary N) is 2. The Morgan fingerprint density at radius 2 is 1.94 bits per heavy atom. The highest BCUT2D eigenvalue weighted by molar-refractivity contribution is 5.93. The lowest BCUT2D eigenvalue weighted by molar-refractivity contribution is -0.141. The molecule has 0 saturated heterocycles. The van der Waals surface area contributed by atoms with Crippen LogP contribution in [0.3, 0.4) is 0 Å². The molecule has 0 aliphatic heterocycles. The van der Waals surface area contributed by atoms with Gasteiger partial charge in [-0.2, -0.15) is 32.1 Å². The number of alkyl halides is 5. The van der Waals surface area contributed by atoms with Gasteiger partial charge in [0.2, 0.25) is 0 Å². The summed E-state index contributed by atoms with van der Waals surface area (Å²) >= 11 is 0. The SMILES string of the molecule is O=C(NCCCn1nc(C(F)(F)F)cc1C1CC1)c1cc(-c2ccc(OC(F)F)cc2)n[nH]1. The maximum Gasteiger partial charge on any atom is 0.435 e. The molecule has 3 aromatic rings. The molecule has 176 valence electrons. The van der Waals surface area contributed by atoms with E-state index in [0.29, 0.717) is 23.4 Å². The number of aromatic nitrogens is 4. The second-order valence-electron chi connectivity index (χ2n) is 7.63. The van der Waals surface area contributed by atoms with Crippen molar-refractivity contribution in [2.45, 2.75) is 44.5 Å². The summed E-state index contributed by atoms with van der Waals surface area (Å²) in [6.45, 7) is -2.43. The van der Waals surface area contributed by atoms with Gasteiger partial charge in [-0.3, -0.25) is 14.6 Å². The highest BCUT2D eigenvalue weighted by Crippen LogP contribution is 2.42. The van der Waals surface area contributed by atoms with Crippen molar-refractivity contribution in [3.63, 3.8) is 0 Å². The van der Waals surface area contributed by atoms with E-state index in [1.165, 1.54) is 35.0 Å². The van der Waals surface area contributed by atoms with Crippen LogP contribution < -0.4 is 10.1 Å². The third kappa shape index (κ3) is 5.68. The van der Waals surface area contributed by atoms with Crippen LogP contribution in [-0.2, 0) is 12.7 Å². The van der Waals surface area contributed by atoms with Gasteiger partial charge in [0.25, 0.3) is 5.91 Å². The fourth-order valence-corrected chi connectivity index (χ4v) is 3.38. The quantitative estimate of drug-likeness (QED) is 0.355. The summed E-state index contributed by atoms with van der Waals surface area (Å²) in [5.74, 6) is -0.306. The number of hydrogen-bond acceptors (Lipinski definition) is 4. The van der Waals surface area contributed by atoms with E-state index >= 15 is 0 Å². The Hall–Kier alpha value is -3.44. The number of aryl methyl sites for hydroxylation is 1. The summed E-state index contributed by atoms with van der Waals surface area (Å²) < 4.78 is 69.0. The topological polar surface area (TPSA) is 84.8 Å². The number of ether oxygens (including phenoxy) is 1. The summed E-state index contributed by atoms with van der Waals surface area (Å²) in [4.78, 5) is 12.3. The maximum atomic E-state index is 13.0. The molecule has 4 rings (SSSR count). The van der Waals surface area contributed by atoms with E-state index < -0.39 is 24.4 Å². The normalized spacial score (nSPS) is 14.0. The molecule has 12 heteroatoms. The molecule has 1 aromatic carbocycles. The number of carbonyl (C=O) groups excluding carboxylic acids is 1. The molecule has 0 atom stereocenters. The first kappa shape index (κ1) is 22.7. The molecule has 2 aromatic heterocycles. The molecule has 1 aliphatic rings. The van der Waals surface area contributed by atoms with Crippen molar-refractivity contribution < 1.29 is 31.5 Å². The smallest absolute Gasteiger partial charge is 0.435 e. The van der Waals surface area contributed by atoms with Crippen LogP contribution in [0.15, 0.2) is 36.4 Å². The molecule has 0 unspecified atom stereocenters. The van der Waals surface area contributed by atoms with E-state index in [4.69, 9.17) is 0 Å². The molecular weight excluding hydrogens is 449 g/mol. The predicted octanol–water partition coefficient (Wildman–Crippen LogP) is 4.59. The zero-order valence-corrected chi connectivity index (χ0v) is 17.2. The van der Waals surface area contributed by atoms with E-state index in [9.17, 15) is 26.7 Å². The Morgan fingerprint density at radius 1 is 1.21 bits per heavy atom. The van der Waals surface area contributed by atoms with Crippen molar-refractivity contribution in [3.05, 3.63) is 53.5 Å². The van der Waals surface area contributed by atoms with Gasteiger partial charge in [0.05, 0.1) is 5.69 Å². The van der Waals surface area contributed by atoms with Crippen LogP contribution in [0.4, 0.5) is 22.0 Å². The maximum absolute atomic E-state index is 13.0. The highest BCUT2D eigenvalue weighted by atomic mass is 19.4. The minimum Gasteiger partial charge on any atom is -0.435 e. The summed E-state index contributed by atoms with van der Waals surface area (Å²) in [5.41, 5.74) is 0.909. The molecule has 2 heterocycles. The Kier molecular flexibility index (Phi) is 6.34. The number of hydrogen-bond donors (Lipinski definition) is 2. The van der Waals surface area contributed by atoms with Crippen molar-refractivity contribution in [1.82, 2.24) is 25.3 Å². The van der Waals surface area contributed by atoms with E-state index in [1.807, 2.05) is 0 Å². The predicted molar refractivity (Wildman–Crippen MR) is 107 cm³/mol. The van der Waals surface area contributed by atoms with Crippen LogP contribution >= 0.6 is 0 Å². The number of amides is 1. The second kappa shape index (κ2) is 9.20. The van der Waals surface area contributed by atoms with Gasteiger partial charge in [0.15, 0.2) is 5.69 Å². The summed E-state index contributed by atoms with van der Waals surface area (Å²) in [5, 5.41) is 13.0. The molecule has 0 spiro atoms. The number of rotatable bonds is 9. The largest absolute Gasteiger partial charge is 0.435 e. The van der Waals surface area contributed by atoms with Gasteiger partial charge in [-0.1, -0.05) is 0 Å². The van der Waals surface area contributed by atoms with Crippen molar-refractivity contribution in [2.24, 2.45) is 0 Å². The minimum atomic E-state index is -4.49.